The Labute approximate surface area is 129 Å². The van der Waals surface area contributed by atoms with Crippen molar-refractivity contribution in [3.8, 4) is 0 Å². The van der Waals surface area contributed by atoms with Gasteiger partial charge in [-0.15, -0.1) is 0 Å². The second-order valence-electron chi connectivity index (χ2n) is 7.25. The average molecular weight is 296 g/mol. The fourth-order valence-electron chi connectivity index (χ4n) is 3.91. The monoisotopic (exact) mass is 296 g/mol. The summed E-state index contributed by atoms with van der Waals surface area (Å²) in [5.41, 5.74) is -0.294. The number of piperidine rings is 1. The minimum absolute atomic E-state index is 0.294. The first-order valence-corrected chi connectivity index (χ1v) is 8.60. The maximum absolute atomic E-state index is 13.4. The van der Waals surface area contributed by atoms with Crippen LogP contribution in [0, 0.1) is 11.3 Å². The van der Waals surface area contributed by atoms with Gasteiger partial charge in [0.2, 0.25) is 5.91 Å². The van der Waals surface area contributed by atoms with Crippen molar-refractivity contribution in [2.75, 3.05) is 33.4 Å². The van der Waals surface area contributed by atoms with E-state index in [9.17, 15) is 4.79 Å². The molecule has 1 saturated carbocycles. The van der Waals surface area contributed by atoms with Crippen LogP contribution in [0.4, 0.5) is 0 Å². The highest BCUT2D eigenvalue weighted by Gasteiger charge is 2.44. The van der Waals surface area contributed by atoms with E-state index in [1.807, 2.05) is 0 Å². The van der Waals surface area contributed by atoms with Crippen molar-refractivity contribution in [1.82, 2.24) is 10.2 Å². The molecule has 1 aliphatic heterocycles. The summed E-state index contributed by atoms with van der Waals surface area (Å²) in [5, 5.41) is 3.38. The van der Waals surface area contributed by atoms with Crippen molar-refractivity contribution in [2.45, 2.75) is 58.4 Å². The van der Waals surface area contributed by atoms with Crippen molar-refractivity contribution >= 4 is 5.91 Å². The van der Waals surface area contributed by atoms with Gasteiger partial charge in [0.25, 0.3) is 0 Å². The second kappa shape index (κ2) is 7.59. The van der Waals surface area contributed by atoms with Gasteiger partial charge in [-0.05, 0) is 44.7 Å². The molecule has 4 heteroatoms. The highest BCUT2D eigenvalue weighted by Crippen LogP contribution is 2.35. The van der Waals surface area contributed by atoms with Crippen molar-refractivity contribution in [3.05, 3.63) is 0 Å². The Morgan fingerprint density at radius 2 is 1.90 bits per heavy atom. The van der Waals surface area contributed by atoms with E-state index in [0.717, 1.165) is 32.5 Å². The van der Waals surface area contributed by atoms with E-state index in [1.54, 1.807) is 7.11 Å². The Bertz CT molecular complexity index is 326. The molecule has 2 aliphatic rings. The summed E-state index contributed by atoms with van der Waals surface area (Å²) in [7, 11) is 1.72. The third-order valence-electron chi connectivity index (χ3n) is 5.02. The van der Waals surface area contributed by atoms with Crippen LogP contribution >= 0.6 is 0 Å². The van der Waals surface area contributed by atoms with Gasteiger partial charge in [-0.2, -0.15) is 0 Å². The van der Waals surface area contributed by atoms with Crippen molar-refractivity contribution in [3.63, 3.8) is 0 Å². The number of carbonyl (C=O) groups is 1. The molecule has 0 atom stereocenters. The third kappa shape index (κ3) is 3.98. The van der Waals surface area contributed by atoms with E-state index < -0.39 is 0 Å². The molecule has 0 unspecified atom stereocenters. The first kappa shape index (κ1) is 16.8. The van der Waals surface area contributed by atoms with Gasteiger partial charge in [0.1, 0.15) is 0 Å². The van der Waals surface area contributed by atoms with E-state index in [1.165, 1.54) is 25.7 Å². The third-order valence-corrected chi connectivity index (χ3v) is 5.02. The molecule has 122 valence electrons. The summed E-state index contributed by atoms with van der Waals surface area (Å²) >= 11 is 0. The number of carbonyl (C=O) groups excluding carboxylic acids is 1. The van der Waals surface area contributed by atoms with E-state index >= 15 is 0 Å². The zero-order valence-corrected chi connectivity index (χ0v) is 14.0. The number of rotatable bonds is 6. The lowest BCUT2D eigenvalue weighted by atomic mass is 9.77. The number of nitrogens with one attached hydrogen (secondary N) is 1. The normalized spacial score (nSPS) is 22.7. The van der Waals surface area contributed by atoms with Crippen LogP contribution in [0.1, 0.15) is 52.4 Å². The second-order valence-corrected chi connectivity index (χ2v) is 7.25. The minimum atomic E-state index is -0.294. The van der Waals surface area contributed by atoms with Crippen LogP contribution in [0.2, 0.25) is 0 Å². The van der Waals surface area contributed by atoms with E-state index in [2.05, 4.69) is 24.1 Å². The first-order chi connectivity index (χ1) is 10.1. The quantitative estimate of drug-likeness (QED) is 0.818. The highest BCUT2D eigenvalue weighted by molar-refractivity contribution is 5.83. The summed E-state index contributed by atoms with van der Waals surface area (Å²) in [5.74, 6) is 0.877. The van der Waals surface area contributed by atoms with Gasteiger partial charge >= 0.3 is 0 Å². The SMILES string of the molecule is COCC1(C(=O)N(CC(C)C)C2CCCC2)CCNCC1. The summed E-state index contributed by atoms with van der Waals surface area (Å²) in [6.07, 6.45) is 6.71. The molecule has 1 N–H and O–H groups in total. The van der Waals surface area contributed by atoms with Crippen molar-refractivity contribution in [1.29, 1.82) is 0 Å². The van der Waals surface area contributed by atoms with E-state index in [4.69, 9.17) is 4.74 Å². The zero-order chi connectivity index (χ0) is 15.3. The molecule has 0 bridgehead atoms. The predicted octanol–water partition coefficient (Wildman–Crippen LogP) is 2.43. The molecule has 0 spiro atoms. The smallest absolute Gasteiger partial charge is 0.231 e. The number of ether oxygens (including phenoxy) is 1. The average Bonchev–Trinajstić information content (AvgIpc) is 2.99. The van der Waals surface area contributed by atoms with Crippen molar-refractivity contribution < 1.29 is 9.53 Å². The Balaban J connectivity index is 2.16. The molecule has 0 radical (unpaired) electrons. The maximum Gasteiger partial charge on any atom is 0.231 e. The van der Waals surface area contributed by atoms with Crippen molar-refractivity contribution in [2.24, 2.45) is 11.3 Å². The van der Waals surface area contributed by atoms with Crippen LogP contribution in [0.15, 0.2) is 0 Å². The molecule has 0 aromatic rings. The summed E-state index contributed by atoms with van der Waals surface area (Å²) < 4.78 is 5.45. The molecule has 1 heterocycles. The number of hydrogen-bond donors (Lipinski definition) is 1. The molecular weight excluding hydrogens is 264 g/mol. The Kier molecular flexibility index (Phi) is 6.06. The minimum Gasteiger partial charge on any atom is -0.384 e. The first-order valence-electron chi connectivity index (χ1n) is 8.60. The van der Waals surface area contributed by atoms with Gasteiger partial charge in [0.15, 0.2) is 0 Å². The Hall–Kier alpha value is -0.610. The van der Waals surface area contributed by atoms with Crippen LogP contribution in [0.25, 0.3) is 0 Å². The number of amides is 1. The van der Waals surface area contributed by atoms with Gasteiger partial charge in [-0.1, -0.05) is 26.7 Å². The molecule has 1 aliphatic carbocycles. The fourth-order valence-corrected chi connectivity index (χ4v) is 3.91. The standard InChI is InChI=1S/C17H32N2O2/c1-14(2)12-19(15-6-4-5-7-15)16(20)17(13-21-3)8-10-18-11-9-17/h14-15,18H,4-13H2,1-3H3. The Morgan fingerprint density at radius 1 is 1.29 bits per heavy atom. The van der Waals surface area contributed by atoms with Crippen LogP contribution < -0.4 is 5.32 Å². The molecule has 21 heavy (non-hydrogen) atoms. The maximum atomic E-state index is 13.4. The van der Waals surface area contributed by atoms with Crippen LogP contribution in [-0.4, -0.2) is 50.2 Å². The molecule has 0 aromatic heterocycles. The lowest BCUT2D eigenvalue weighted by Gasteiger charge is -2.42. The summed E-state index contributed by atoms with van der Waals surface area (Å²) in [6.45, 7) is 7.73. The van der Waals surface area contributed by atoms with Crippen LogP contribution in [-0.2, 0) is 9.53 Å². The van der Waals surface area contributed by atoms with Gasteiger partial charge in [-0.3, -0.25) is 4.79 Å². The molecule has 1 saturated heterocycles. The molecule has 0 aromatic carbocycles. The number of hydrogen-bond acceptors (Lipinski definition) is 3. The zero-order valence-electron chi connectivity index (χ0n) is 14.0. The van der Waals surface area contributed by atoms with Crippen LogP contribution in [0.3, 0.4) is 0 Å². The topological polar surface area (TPSA) is 41.6 Å². The molecule has 1 amide bonds. The number of nitrogens with zero attached hydrogens (tertiary/aromatic N) is 1. The summed E-state index contributed by atoms with van der Waals surface area (Å²) in [4.78, 5) is 15.6. The number of methoxy groups -OCH3 is 1. The lowest BCUT2D eigenvalue weighted by molar-refractivity contribution is -0.150. The summed E-state index contributed by atoms with van der Waals surface area (Å²) in [6, 6.07) is 0.462. The highest BCUT2D eigenvalue weighted by atomic mass is 16.5. The van der Waals surface area contributed by atoms with E-state index in [-0.39, 0.29) is 5.41 Å². The van der Waals surface area contributed by atoms with Gasteiger partial charge in [-0.25, -0.2) is 0 Å². The molecule has 4 nitrogen and oxygen atoms in total. The van der Waals surface area contributed by atoms with Crippen LogP contribution in [0.5, 0.6) is 0 Å². The fraction of sp³-hybridized carbons (Fsp3) is 0.941. The lowest BCUT2D eigenvalue weighted by Crippen LogP contribution is -2.54. The van der Waals surface area contributed by atoms with Gasteiger partial charge in [0, 0.05) is 19.7 Å². The van der Waals surface area contributed by atoms with Gasteiger partial charge in [0.05, 0.1) is 12.0 Å². The molecule has 2 rings (SSSR count). The van der Waals surface area contributed by atoms with Gasteiger partial charge < -0.3 is 15.0 Å². The molecule has 2 fully saturated rings. The Morgan fingerprint density at radius 3 is 2.43 bits per heavy atom. The molecular formula is C17H32N2O2. The predicted molar refractivity (Wildman–Crippen MR) is 85.2 cm³/mol. The van der Waals surface area contributed by atoms with E-state index in [0.29, 0.717) is 24.5 Å². The largest absolute Gasteiger partial charge is 0.384 e.